The van der Waals surface area contributed by atoms with Crippen molar-refractivity contribution in [2.75, 3.05) is 6.61 Å². The molecular formula is C19H24N2O3S. The van der Waals surface area contributed by atoms with Gasteiger partial charge in [-0.05, 0) is 24.8 Å². The highest BCUT2D eigenvalue weighted by atomic mass is 32.1. The van der Waals surface area contributed by atoms with E-state index in [4.69, 9.17) is 17.0 Å². The molecule has 2 aromatic rings. The van der Waals surface area contributed by atoms with Crippen LogP contribution in [0.15, 0.2) is 41.3 Å². The predicted molar refractivity (Wildman–Crippen MR) is 101 cm³/mol. The number of ether oxygens (including phenoxy) is 1. The summed E-state index contributed by atoms with van der Waals surface area (Å²) in [6.07, 6.45) is 5.95. The number of hydrogen-bond donors (Lipinski definition) is 1. The van der Waals surface area contributed by atoms with E-state index in [-0.39, 0.29) is 11.7 Å². The summed E-state index contributed by atoms with van der Waals surface area (Å²) in [7, 11) is 0. The molecule has 0 radical (unpaired) electrons. The topological polar surface area (TPSA) is 64.1 Å². The van der Waals surface area contributed by atoms with Crippen LogP contribution in [-0.4, -0.2) is 22.1 Å². The van der Waals surface area contributed by atoms with Crippen molar-refractivity contribution in [3.05, 3.63) is 51.7 Å². The average Bonchev–Trinajstić information content (AvgIpc) is 2.62. The first-order valence-corrected chi connectivity index (χ1v) is 9.07. The number of carbonyl (C=O) groups excluding carboxylic acids is 1. The van der Waals surface area contributed by atoms with Gasteiger partial charge in [-0.25, -0.2) is 4.79 Å². The van der Waals surface area contributed by atoms with E-state index >= 15 is 0 Å². The first-order valence-electron chi connectivity index (χ1n) is 8.66. The van der Waals surface area contributed by atoms with E-state index in [9.17, 15) is 9.59 Å². The first-order chi connectivity index (χ1) is 12.1. The normalized spacial score (nSPS) is 10.6. The fourth-order valence-corrected chi connectivity index (χ4v) is 2.78. The van der Waals surface area contributed by atoms with Crippen LogP contribution in [0.1, 0.15) is 39.0 Å². The maximum Gasteiger partial charge on any atom is 0.326 e. The van der Waals surface area contributed by atoms with E-state index in [0.717, 1.165) is 36.8 Å². The fourth-order valence-electron chi connectivity index (χ4n) is 2.52. The zero-order chi connectivity index (χ0) is 18.1. The molecule has 0 saturated carbocycles. The van der Waals surface area contributed by atoms with Crippen molar-refractivity contribution < 1.29 is 9.53 Å². The summed E-state index contributed by atoms with van der Waals surface area (Å²) in [4.78, 5) is 25.9. The van der Waals surface area contributed by atoms with Gasteiger partial charge in [0.15, 0.2) is 0 Å². The molecule has 25 heavy (non-hydrogen) atoms. The van der Waals surface area contributed by atoms with Crippen LogP contribution in [0, 0.1) is 4.64 Å². The lowest BCUT2D eigenvalue weighted by atomic mass is 10.1. The van der Waals surface area contributed by atoms with Gasteiger partial charge in [0.05, 0.1) is 6.61 Å². The summed E-state index contributed by atoms with van der Waals surface area (Å²) in [5, 5.41) is 0. The Morgan fingerprint density at radius 1 is 1.16 bits per heavy atom. The zero-order valence-electron chi connectivity index (χ0n) is 14.5. The molecule has 0 bridgehead atoms. The van der Waals surface area contributed by atoms with Crippen molar-refractivity contribution in [1.29, 1.82) is 0 Å². The molecule has 1 aromatic heterocycles. The zero-order valence-corrected chi connectivity index (χ0v) is 15.3. The first kappa shape index (κ1) is 19.1. The number of H-pyrrole nitrogens is 1. The lowest BCUT2D eigenvalue weighted by Crippen LogP contribution is -2.23. The number of esters is 1. The van der Waals surface area contributed by atoms with Crippen LogP contribution in [0.4, 0.5) is 0 Å². The highest BCUT2D eigenvalue weighted by molar-refractivity contribution is 7.71. The largest absolute Gasteiger partial charge is 0.466 e. The molecule has 0 amide bonds. The summed E-state index contributed by atoms with van der Waals surface area (Å²) in [5.74, 6) is -0.153. The molecule has 5 nitrogen and oxygen atoms in total. The molecule has 134 valence electrons. The third-order valence-corrected chi connectivity index (χ3v) is 4.26. The van der Waals surface area contributed by atoms with Crippen LogP contribution in [-0.2, 0) is 16.1 Å². The second-order valence-corrected chi connectivity index (χ2v) is 6.26. The van der Waals surface area contributed by atoms with Crippen LogP contribution in [0.3, 0.4) is 0 Å². The van der Waals surface area contributed by atoms with Gasteiger partial charge in [-0.1, -0.05) is 55.9 Å². The summed E-state index contributed by atoms with van der Waals surface area (Å²) in [5.41, 5.74) is 1.68. The predicted octanol–water partition coefficient (Wildman–Crippen LogP) is 4.09. The highest BCUT2D eigenvalue weighted by Crippen LogP contribution is 2.18. The molecule has 1 heterocycles. The molecule has 0 atom stereocenters. The molecule has 0 spiro atoms. The van der Waals surface area contributed by atoms with Gasteiger partial charge in [-0.2, -0.15) is 0 Å². The summed E-state index contributed by atoms with van der Waals surface area (Å²) in [6, 6.07) is 9.80. The number of aryl methyl sites for hydroxylation is 1. The molecule has 0 aliphatic heterocycles. The second-order valence-electron chi connectivity index (χ2n) is 5.85. The summed E-state index contributed by atoms with van der Waals surface area (Å²) in [6.45, 7) is 2.90. The van der Waals surface area contributed by atoms with Gasteiger partial charge in [0.2, 0.25) is 0 Å². The number of rotatable bonds is 9. The molecule has 0 unspecified atom stereocenters. The van der Waals surface area contributed by atoms with Crippen LogP contribution >= 0.6 is 12.2 Å². The number of carbonyl (C=O) groups is 1. The lowest BCUT2D eigenvalue weighted by Gasteiger charge is -2.09. The number of unbranched alkanes of at least 4 members (excludes halogenated alkanes) is 3. The number of hydrogen-bond acceptors (Lipinski definition) is 4. The highest BCUT2D eigenvalue weighted by Gasteiger charge is 2.05. The minimum atomic E-state index is -0.179. The fraction of sp³-hybridized carbons (Fsp3) is 0.421. The lowest BCUT2D eigenvalue weighted by molar-refractivity contribution is -0.143. The molecule has 0 saturated heterocycles. The molecule has 2 rings (SSSR count). The minimum Gasteiger partial charge on any atom is -0.466 e. The Labute approximate surface area is 152 Å². The van der Waals surface area contributed by atoms with Crippen molar-refractivity contribution in [1.82, 2.24) is 9.55 Å². The number of nitrogens with one attached hydrogen (secondary N) is 1. The van der Waals surface area contributed by atoms with Gasteiger partial charge < -0.3 is 9.30 Å². The van der Waals surface area contributed by atoms with E-state index in [0.29, 0.717) is 24.2 Å². The Balaban J connectivity index is 1.87. The SMILES string of the molecule is CCC(=O)OCCCCCCn1cc(-c2ccccc2)c(=S)[nH]c1=O. The third-order valence-electron chi connectivity index (χ3n) is 3.94. The standard InChI is InChI=1S/C19H24N2O3S/c1-2-17(22)24-13-9-4-3-8-12-21-14-16(18(25)20-19(21)23)15-10-6-5-7-11-15/h5-7,10-11,14H,2-4,8-9,12-13H2,1H3,(H,20,23,25). The van der Waals surface area contributed by atoms with Crippen molar-refractivity contribution in [2.24, 2.45) is 0 Å². The Bertz CT molecular complexity index is 796. The van der Waals surface area contributed by atoms with E-state index in [1.807, 2.05) is 36.5 Å². The van der Waals surface area contributed by atoms with Crippen molar-refractivity contribution in [3.63, 3.8) is 0 Å². The Hall–Kier alpha value is -2.21. The third kappa shape index (κ3) is 5.98. The molecule has 6 heteroatoms. The van der Waals surface area contributed by atoms with Crippen LogP contribution < -0.4 is 5.69 Å². The van der Waals surface area contributed by atoms with Crippen molar-refractivity contribution >= 4 is 18.2 Å². The molecule has 0 aliphatic rings. The Morgan fingerprint density at radius 2 is 1.88 bits per heavy atom. The van der Waals surface area contributed by atoms with Gasteiger partial charge in [0.1, 0.15) is 4.64 Å². The number of benzene rings is 1. The molecule has 0 aliphatic carbocycles. The Kier molecular flexibility index (Phi) is 7.60. The van der Waals surface area contributed by atoms with E-state index in [2.05, 4.69) is 4.98 Å². The van der Waals surface area contributed by atoms with Crippen molar-refractivity contribution in [2.45, 2.75) is 45.6 Å². The summed E-state index contributed by atoms with van der Waals surface area (Å²) < 4.78 is 7.18. The average molecular weight is 360 g/mol. The molecule has 0 fully saturated rings. The van der Waals surface area contributed by atoms with Crippen molar-refractivity contribution in [3.8, 4) is 11.1 Å². The van der Waals surface area contributed by atoms with Crippen LogP contribution in [0.25, 0.3) is 11.1 Å². The maximum absolute atomic E-state index is 12.1. The number of aromatic amines is 1. The summed E-state index contributed by atoms with van der Waals surface area (Å²) >= 11 is 5.28. The molecule has 1 aromatic carbocycles. The number of aromatic nitrogens is 2. The van der Waals surface area contributed by atoms with Gasteiger partial charge in [-0.3, -0.25) is 9.78 Å². The second kappa shape index (κ2) is 9.93. The monoisotopic (exact) mass is 360 g/mol. The quantitative estimate of drug-likeness (QED) is 0.416. The minimum absolute atomic E-state index is 0.153. The Morgan fingerprint density at radius 3 is 2.60 bits per heavy atom. The van der Waals surface area contributed by atoms with Crippen LogP contribution in [0.5, 0.6) is 0 Å². The smallest absolute Gasteiger partial charge is 0.326 e. The maximum atomic E-state index is 12.1. The van der Waals surface area contributed by atoms with E-state index in [1.165, 1.54) is 0 Å². The number of nitrogens with zero attached hydrogens (tertiary/aromatic N) is 1. The van der Waals surface area contributed by atoms with Gasteiger partial charge in [0, 0.05) is 24.7 Å². The van der Waals surface area contributed by atoms with Gasteiger partial charge >= 0.3 is 11.7 Å². The van der Waals surface area contributed by atoms with Gasteiger partial charge in [-0.15, -0.1) is 0 Å². The van der Waals surface area contributed by atoms with Crippen LogP contribution in [0.2, 0.25) is 0 Å². The molecule has 1 N–H and O–H groups in total. The molecular weight excluding hydrogens is 336 g/mol. The van der Waals surface area contributed by atoms with E-state index in [1.54, 1.807) is 11.5 Å². The van der Waals surface area contributed by atoms with E-state index < -0.39 is 0 Å². The van der Waals surface area contributed by atoms with Gasteiger partial charge in [0.25, 0.3) is 0 Å².